The van der Waals surface area contributed by atoms with E-state index in [9.17, 15) is 9.36 Å². The summed E-state index contributed by atoms with van der Waals surface area (Å²) in [5, 5.41) is 4.50. The monoisotopic (exact) mass is 431 g/mol. The topological polar surface area (TPSA) is 50.6 Å². The zero-order valence-corrected chi connectivity index (χ0v) is 18.4. The summed E-state index contributed by atoms with van der Waals surface area (Å²) in [5.41, 5.74) is 1.05. The van der Waals surface area contributed by atoms with Crippen molar-refractivity contribution >= 4 is 23.7 Å². The van der Waals surface area contributed by atoms with Crippen LogP contribution in [0, 0.1) is 0 Å². The zero-order chi connectivity index (χ0) is 21.5. The van der Waals surface area contributed by atoms with Crippen molar-refractivity contribution in [2.45, 2.75) is 19.3 Å². The van der Waals surface area contributed by atoms with Crippen LogP contribution in [0.5, 0.6) is 0 Å². The SMILES string of the molecule is O=C(NC(=C[NH+]1CCCCC1)P(=O)(c1ccccc1)c1ccccc1)c1ccccc1. The van der Waals surface area contributed by atoms with Crippen molar-refractivity contribution in [3.63, 3.8) is 0 Å². The Bertz CT molecular complexity index is 1030. The first-order chi connectivity index (χ1) is 15.2. The van der Waals surface area contributed by atoms with Crippen molar-refractivity contribution < 1.29 is 14.3 Å². The van der Waals surface area contributed by atoms with Gasteiger partial charge in [0, 0.05) is 16.2 Å². The van der Waals surface area contributed by atoms with Gasteiger partial charge >= 0.3 is 0 Å². The number of hydrogen-bond acceptors (Lipinski definition) is 2. The Labute approximate surface area is 184 Å². The maximum Gasteiger partial charge on any atom is 0.255 e. The molecule has 4 rings (SSSR count). The van der Waals surface area contributed by atoms with Crippen molar-refractivity contribution in [2.24, 2.45) is 0 Å². The van der Waals surface area contributed by atoms with Crippen LogP contribution >= 0.6 is 7.14 Å². The zero-order valence-electron chi connectivity index (χ0n) is 17.5. The first-order valence-electron chi connectivity index (χ1n) is 10.8. The molecule has 0 aliphatic carbocycles. The molecule has 4 nitrogen and oxygen atoms in total. The van der Waals surface area contributed by atoms with Crippen molar-refractivity contribution in [2.75, 3.05) is 13.1 Å². The van der Waals surface area contributed by atoms with Gasteiger partial charge in [-0.1, -0.05) is 78.9 Å². The van der Waals surface area contributed by atoms with Gasteiger partial charge in [0.15, 0.2) is 7.14 Å². The number of likely N-dealkylation sites (tertiary alicyclic amines) is 1. The molecule has 1 amide bonds. The van der Waals surface area contributed by atoms with Gasteiger partial charge in [0.25, 0.3) is 5.91 Å². The fourth-order valence-corrected chi connectivity index (χ4v) is 6.69. The largest absolute Gasteiger partial charge is 0.314 e. The average Bonchev–Trinajstić information content (AvgIpc) is 2.85. The van der Waals surface area contributed by atoms with Crippen LogP contribution in [0.25, 0.3) is 0 Å². The molecule has 3 aromatic carbocycles. The van der Waals surface area contributed by atoms with Crippen molar-refractivity contribution in [3.8, 4) is 0 Å². The molecule has 0 atom stereocenters. The lowest BCUT2D eigenvalue weighted by atomic mass is 10.1. The maximum atomic E-state index is 14.9. The second-order valence-corrected chi connectivity index (χ2v) is 10.6. The average molecular weight is 431 g/mol. The number of piperidine rings is 1. The molecule has 0 spiro atoms. The predicted octanol–water partition coefficient (Wildman–Crippen LogP) is 3.30. The highest BCUT2D eigenvalue weighted by molar-refractivity contribution is 7.82. The molecular weight excluding hydrogens is 403 g/mol. The van der Waals surface area contributed by atoms with E-state index in [4.69, 9.17) is 0 Å². The van der Waals surface area contributed by atoms with E-state index in [-0.39, 0.29) is 5.91 Å². The van der Waals surface area contributed by atoms with Gasteiger partial charge in [-0.25, -0.2) is 0 Å². The normalized spacial score (nSPS) is 15.4. The van der Waals surface area contributed by atoms with Gasteiger partial charge in [0.1, 0.15) is 11.6 Å². The minimum atomic E-state index is -3.27. The van der Waals surface area contributed by atoms with Gasteiger partial charge in [-0.05, 0) is 31.4 Å². The summed E-state index contributed by atoms with van der Waals surface area (Å²) in [6, 6.07) is 28.1. The first kappa shape index (κ1) is 21.3. The Morgan fingerprint density at radius 3 is 1.74 bits per heavy atom. The minimum Gasteiger partial charge on any atom is -0.314 e. The summed E-state index contributed by atoms with van der Waals surface area (Å²) in [7, 11) is -3.27. The van der Waals surface area contributed by atoms with Crippen molar-refractivity contribution in [1.82, 2.24) is 5.32 Å². The Kier molecular flexibility index (Phi) is 6.81. The minimum absolute atomic E-state index is 0.240. The van der Waals surface area contributed by atoms with E-state index in [2.05, 4.69) is 5.32 Å². The van der Waals surface area contributed by atoms with Crippen molar-refractivity contribution in [1.29, 1.82) is 0 Å². The molecule has 158 valence electrons. The predicted molar refractivity (Wildman–Crippen MR) is 126 cm³/mol. The molecule has 0 unspecified atom stereocenters. The van der Waals surface area contributed by atoms with Gasteiger partial charge in [-0.15, -0.1) is 0 Å². The fourth-order valence-electron chi connectivity index (χ4n) is 4.03. The van der Waals surface area contributed by atoms with Gasteiger partial charge in [0.05, 0.1) is 13.1 Å². The smallest absolute Gasteiger partial charge is 0.255 e. The van der Waals surface area contributed by atoms with Gasteiger partial charge in [-0.3, -0.25) is 4.79 Å². The number of nitrogens with one attached hydrogen (secondary N) is 2. The van der Waals surface area contributed by atoms with Crippen LogP contribution in [0.2, 0.25) is 0 Å². The number of benzene rings is 3. The molecular formula is C26H28N2O2P+. The van der Waals surface area contributed by atoms with Crippen LogP contribution < -0.4 is 20.8 Å². The van der Waals surface area contributed by atoms with E-state index >= 15 is 0 Å². The third-order valence-corrected chi connectivity index (χ3v) is 8.66. The number of rotatable bonds is 6. The molecule has 3 aromatic rings. The fraction of sp³-hybridized carbons (Fsp3) is 0.192. The molecule has 1 fully saturated rings. The quantitative estimate of drug-likeness (QED) is 0.589. The lowest BCUT2D eigenvalue weighted by Crippen LogP contribution is -3.08. The van der Waals surface area contributed by atoms with Crippen LogP contribution in [0.15, 0.2) is 103 Å². The van der Waals surface area contributed by atoms with E-state index in [1.807, 2.05) is 85.1 Å². The van der Waals surface area contributed by atoms with Crippen LogP contribution in [0.1, 0.15) is 29.6 Å². The third kappa shape index (κ3) is 4.87. The van der Waals surface area contributed by atoms with Crippen LogP contribution in [-0.4, -0.2) is 19.0 Å². The summed E-state index contributed by atoms with van der Waals surface area (Å²) in [5.74, 6) is -0.240. The molecule has 5 heteroatoms. The molecule has 1 aliphatic heterocycles. The molecule has 0 bridgehead atoms. The molecule has 31 heavy (non-hydrogen) atoms. The summed E-state index contributed by atoms with van der Waals surface area (Å²) in [6.07, 6.45) is 5.48. The number of amides is 1. The Hall–Kier alpha value is -2.94. The van der Waals surface area contributed by atoms with E-state index in [1.54, 1.807) is 12.1 Å². The van der Waals surface area contributed by atoms with E-state index in [0.717, 1.165) is 36.5 Å². The summed E-state index contributed by atoms with van der Waals surface area (Å²) < 4.78 is 14.9. The molecule has 1 heterocycles. The van der Waals surface area contributed by atoms with Gasteiger partial charge < -0.3 is 14.8 Å². The van der Waals surface area contributed by atoms with Gasteiger partial charge in [0.2, 0.25) is 0 Å². The van der Waals surface area contributed by atoms with Crippen molar-refractivity contribution in [3.05, 3.63) is 108 Å². The highest BCUT2D eigenvalue weighted by atomic mass is 31.2. The van der Waals surface area contributed by atoms with Crippen LogP contribution in [-0.2, 0) is 4.57 Å². The number of carbonyl (C=O) groups is 1. The second-order valence-electron chi connectivity index (χ2n) is 7.85. The Balaban J connectivity index is 1.83. The Morgan fingerprint density at radius 1 is 0.742 bits per heavy atom. The summed E-state index contributed by atoms with van der Waals surface area (Å²) in [6.45, 7) is 1.96. The lowest BCUT2D eigenvalue weighted by molar-refractivity contribution is -0.852. The number of hydrogen-bond donors (Lipinski definition) is 2. The standard InChI is InChI=1S/C26H27N2O2P/c29-26(22-13-5-1-6-14-22)27-25(21-28-19-11-4-12-20-28)31(30,23-15-7-2-8-16-23)24-17-9-3-10-18-24/h1-3,5-10,13-18,21H,4,11-12,19-20H2,(H,27,29)/p+1. The number of quaternary nitrogens is 1. The molecule has 1 saturated heterocycles. The lowest BCUT2D eigenvalue weighted by Gasteiger charge is -2.26. The Morgan fingerprint density at radius 2 is 1.23 bits per heavy atom. The van der Waals surface area contributed by atoms with E-state index in [0.29, 0.717) is 11.0 Å². The second kappa shape index (κ2) is 9.91. The van der Waals surface area contributed by atoms with E-state index < -0.39 is 7.14 Å². The number of carbonyl (C=O) groups excluding carboxylic acids is 1. The highest BCUT2D eigenvalue weighted by Gasteiger charge is 2.35. The summed E-state index contributed by atoms with van der Waals surface area (Å²) >= 11 is 0. The highest BCUT2D eigenvalue weighted by Crippen LogP contribution is 2.50. The van der Waals surface area contributed by atoms with E-state index in [1.165, 1.54) is 11.3 Å². The summed E-state index contributed by atoms with van der Waals surface area (Å²) in [4.78, 5) is 14.4. The van der Waals surface area contributed by atoms with Crippen LogP contribution in [0.4, 0.5) is 0 Å². The third-order valence-electron chi connectivity index (χ3n) is 5.69. The molecule has 1 aliphatic rings. The molecule has 0 aromatic heterocycles. The maximum absolute atomic E-state index is 14.9. The van der Waals surface area contributed by atoms with Gasteiger partial charge in [-0.2, -0.15) is 0 Å². The van der Waals surface area contributed by atoms with Crippen LogP contribution in [0.3, 0.4) is 0 Å². The first-order valence-corrected chi connectivity index (χ1v) is 12.5. The molecule has 2 N–H and O–H groups in total. The molecule has 0 saturated carbocycles. The molecule has 0 radical (unpaired) electrons.